The summed E-state index contributed by atoms with van der Waals surface area (Å²) in [7, 11) is 1.56. The molecule has 1 saturated carbocycles. The fraction of sp³-hybridized carbons (Fsp3) is 0.692. The van der Waals surface area contributed by atoms with Crippen molar-refractivity contribution in [1.29, 1.82) is 0 Å². The van der Waals surface area contributed by atoms with E-state index in [0.29, 0.717) is 24.4 Å². The second kappa shape index (κ2) is 6.00. The quantitative estimate of drug-likeness (QED) is 0.786. The minimum Gasteiger partial charge on any atom is -0.480 e. The van der Waals surface area contributed by atoms with E-state index in [1.54, 1.807) is 13.2 Å². The van der Waals surface area contributed by atoms with Gasteiger partial charge in [0.05, 0.1) is 13.7 Å². The highest BCUT2D eigenvalue weighted by Gasteiger charge is 2.31. The lowest BCUT2D eigenvalue weighted by Crippen LogP contribution is -2.39. The number of nitrogens with zero attached hydrogens (tertiary/aromatic N) is 2. The Labute approximate surface area is 107 Å². The van der Waals surface area contributed by atoms with E-state index >= 15 is 0 Å². The fourth-order valence-corrected chi connectivity index (χ4v) is 2.06. The van der Waals surface area contributed by atoms with Gasteiger partial charge in [0, 0.05) is 18.2 Å². The van der Waals surface area contributed by atoms with Crippen molar-refractivity contribution >= 4 is 0 Å². The molecule has 0 radical (unpaired) electrons. The Hall–Kier alpha value is -1.36. The topological polar surface area (TPSA) is 56.1 Å². The molecule has 1 N–H and O–H groups in total. The van der Waals surface area contributed by atoms with Crippen LogP contribution in [0, 0.1) is 5.92 Å². The molecule has 0 amide bonds. The Morgan fingerprint density at radius 1 is 1.56 bits per heavy atom. The first-order chi connectivity index (χ1) is 8.74. The molecule has 2 rings (SSSR count). The van der Waals surface area contributed by atoms with Gasteiger partial charge in [0.1, 0.15) is 0 Å². The molecule has 1 aromatic heterocycles. The molecule has 0 aliphatic heterocycles. The Balaban J connectivity index is 2.07. The minimum atomic E-state index is -0.0697. The lowest BCUT2D eigenvalue weighted by molar-refractivity contribution is 0.345. The first-order valence-electron chi connectivity index (χ1n) is 6.60. The van der Waals surface area contributed by atoms with Crippen LogP contribution in [0.15, 0.2) is 16.9 Å². The van der Waals surface area contributed by atoms with Crippen molar-refractivity contribution < 1.29 is 4.74 Å². The highest BCUT2D eigenvalue weighted by molar-refractivity contribution is 5.06. The van der Waals surface area contributed by atoms with Crippen LogP contribution in [0.4, 0.5) is 0 Å². The van der Waals surface area contributed by atoms with Gasteiger partial charge in [-0.2, -0.15) is 0 Å². The Kier molecular flexibility index (Phi) is 4.36. The molecule has 1 aliphatic rings. The third-order valence-electron chi connectivity index (χ3n) is 3.27. The van der Waals surface area contributed by atoms with Gasteiger partial charge in [-0.3, -0.25) is 4.79 Å². The predicted octanol–water partition coefficient (Wildman–Crippen LogP) is 1.03. The van der Waals surface area contributed by atoms with Gasteiger partial charge in [-0.1, -0.05) is 6.92 Å². The summed E-state index contributed by atoms with van der Waals surface area (Å²) in [5.74, 6) is 1.18. The van der Waals surface area contributed by atoms with E-state index in [1.807, 2.05) is 0 Å². The van der Waals surface area contributed by atoms with Crippen LogP contribution >= 0.6 is 0 Å². The highest BCUT2D eigenvalue weighted by Crippen LogP contribution is 2.33. The molecule has 0 spiro atoms. The second-order valence-corrected chi connectivity index (χ2v) is 4.79. The normalized spacial score (nSPS) is 16.6. The molecule has 18 heavy (non-hydrogen) atoms. The van der Waals surface area contributed by atoms with Crippen LogP contribution in [0.3, 0.4) is 0 Å². The molecule has 100 valence electrons. The average molecular weight is 251 g/mol. The molecule has 1 aliphatic carbocycles. The monoisotopic (exact) mass is 251 g/mol. The molecular formula is C13H21N3O2. The van der Waals surface area contributed by atoms with Crippen molar-refractivity contribution in [2.24, 2.45) is 5.92 Å². The van der Waals surface area contributed by atoms with Crippen molar-refractivity contribution in [2.45, 2.75) is 38.8 Å². The maximum atomic E-state index is 11.8. The molecule has 5 nitrogen and oxygen atoms in total. The van der Waals surface area contributed by atoms with Crippen molar-refractivity contribution in [3.8, 4) is 5.88 Å². The highest BCUT2D eigenvalue weighted by atomic mass is 16.5. The van der Waals surface area contributed by atoms with Gasteiger partial charge in [0.25, 0.3) is 5.56 Å². The molecule has 5 heteroatoms. The summed E-state index contributed by atoms with van der Waals surface area (Å²) in [6, 6.07) is 3.46. The molecule has 1 aromatic rings. The number of hydrogen-bond acceptors (Lipinski definition) is 4. The van der Waals surface area contributed by atoms with Crippen molar-refractivity contribution in [3.63, 3.8) is 0 Å². The van der Waals surface area contributed by atoms with Crippen molar-refractivity contribution in [3.05, 3.63) is 22.5 Å². The van der Waals surface area contributed by atoms with Gasteiger partial charge in [-0.05, 0) is 31.7 Å². The summed E-state index contributed by atoms with van der Waals surface area (Å²) in [4.78, 5) is 11.8. The summed E-state index contributed by atoms with van der Waals surface area (Å²) >= 11 is 0. The van der Waals surface area contributed by atoms with Crippen molar-refractivity contribution in [2.75, 3.05) is 13.7 Å². The van der Waals surface area contributed by atoms with E-state index in [-0.39, 0.29) is 5.56 Å². The molecule has 0 saturated heterocycles. The summed E-state index contributed by atoms with van der Waals surface area (Å²) < 4.78 is 6.56. The van der Waals surface area contributed by atoms with E-state index in [1.165, 1.54) is 23.6 Å². The predicted molar refractivity (Wildman–Crippen MR) is 69.9 cm³/mol. The number of methoxy groups -OCH3 is 1. The van der Waals surface area contributed by atoms with Gasteiger partial charge >= 0.3 is 0 Å². The van der Waals surface area contributed by atoms with Crippen LogP contribution in [0.1, 0.15) is 26.2 Å². The molecule has 1 heterocycles. The SMILES string of the molecule is CCCNC(Cn1nc(OC)ccc1=O)C1CC1. The minimum absolute atomic E-state index is 0.0697. The first kappa shape index (κ1) is 13.1. The lowest BCUT2D eigenvalue weighted by atomic mass is 10.2. The van der Waals surface area contributed by atoms with Gasteiger partial charge in [0.2, 0.25) is 5.88 Å². The summed E-state index contributed by atoms with van der Waals surface area (Å²) in [5, 5.41) is 7.69. The van der Waals surface area contributed by atoms with Crippen LogP contribution in [-0.2, 0) is 6.54 Å². The van der Waals surface area contributed by atoms with E-state index in [2.05, 4.69) is 17.3 Å². The van der Waals surface area contributed by atoms with Crippen LogP contribution in [0.5, 0.6) is 5.88 Å². The van der Waals surface area contributed by atoms with Gasteiger partial charge in [-0.25, -0.2) is 4.68 Å². The zero-order chi connectivity index (χ0) is 13.0. The van der Waals surface area contributed by atoms with Crippen LogP contribution in [0.25, 0.3) is 0 Å². The maximum Gasteiger partial charge on any atom is 0.267 e. The Morgan fingerprint density at radius 3 is 2.94 bits per heavy atom. The lowest BCUT2D eigenvalue weighted by Gasteiger charge is -2.18. The largest absolute Gasteiger partial charge is 0.480 e. The summed E-state index contributed by atoms with van der Waals surface area (Å²) in [5.41, 5.74) is -0.0697. The third-order valence-corrected chi connectivity index (χ3v) is 3.27. The summed E-state index contributed by atoms with van der Waals surface area (Å²) in [6.07, 6.45) is 3.60. The van der Waals surface area contributed by atoms with E-state index in [4.69, 9.17) is 4.74 Å². The zero-order valence-electron chi connectivity index (χ0n) is 11.1. The molecule has 1 unspecified atom stereocenters. The third kappa shape index (κ3) is 3.32. The summed E-state index contributed by atoms with van der Waals surface area (Å²) in [6.45, 7) is 3.76. The zero-order valence-corrected chi connectivity index (χ0v) is 11.1. The molecule has 0 bridgehead atoms. The van der Waals surface area contributed by atoms with E-state index in [0.717, 1.165) is 13.0 Å². The van der Waals surface area contributed by atoms with E-state index in [9.17, 15) is 4.79 Å². The standard InChI is InChI=1S/C13H21N3O2/c1-3-8-14-11(10-4-5-10)9-16-13(17)7-6-12(15-16)18-2/h6-7,10-11,14H,3-5,8-9H2,1-2H3. The van der Waals surface area contributed by atoms with Crippen molar-refractivity contribution in [1.82, 2.24) is 15.1 Å². The number of hydrogen-bond donors (Lipinski definition) is 1. The van der Waals surface area contributed by atoms with Gasteiger partial charge in [0.15, 0.2) is 0 Å². The molecule has 0 aromatic carbocycles. The Bertz CT molecular complexity index is 440. The van der Waals surface area contributed by atoms with Crippen LogP contribution in [0.2, 0.25) is 0 Å². The number of aromatic nitrogens is 2. The fourth-order valence-electron chi connectivity index (χ4n) is 2.06. The first-order valence-corrected chi connectivity index (χ1v) is 6.60. The molecule has 1 fully saturated rings. The molecular weight excluding hydrogens is 230 g/mol. The second-order valence-electron chi connectivity index (χ2n) is 4.79. The number of ether oxygens (including phenoxy) is 1. The van der Waals surface area contributed by atoms with Gasteiger partial charge in [-0.15, -0.1) is 5.10 Å². The van der Waals surface area contributed by atoms with Gasteiger partial charge < -0.3 is 10.1 Å². The number of rotatable bonds is 7. The Morgan fingerprint density at radius 2 is 2.33 bits per heavy atom. The molecule has 1 atom stereocenters. The number of nitrogens with one attached hydrogen (secondary N) is 1. The van der Waals surface area contributed by atoms with Crippen LogP contribution in [-0.4, -0.2) is 29.5 Å². The van der Waals surface area contributed by atoms with E-state index < -0.39 is 0 Å². The maximum absolute atomic E-state index is 11.8. The average Bonchev–Trinajstić information content (AvgIpc) is 3.21. The van der Waals surface area contributed by atoms with Crippen LogP contribution < -0.4 is 15.6 Å². The smallest absolute Gasteiger partial charge is 0.267 e.